The molecule has 1 aliphatic carbocycles. The van der Waals surface area contributed by atoms with E-state index in [9.17, 15) is 4.79 Å². The monoisotopic (exact) mass is 299 g/mol. The number of alkyl halides is 1. The van der Waals surface area contributed by atoms with Crippen LogP contribution < -0.4 is 5.32 Å². The standard InChI is InChI=1S/C15H19Cl2NO/c1-10-7-8-11(9-13(10)16)14(17)15(19)18-12-5-3-2-4-6-12/h7-9,12,14H,2-6H2,1H3,(H,18,19). The highest BCUT2D eigenvalue weighted by molar-refractivity contribution is 6.33. The van der Waals surface area contributed by atoms with Crippen LogP contribution in [0, 0.1) is 6.92 Å². The predicted octanol–water partition coefficient (Wildman–Crippen LogP) is 4.38. The van der Waals surface area contributed by atoms with E-state index in [0.717, 1.165) is 24.0 Å². The van der Waals surface area contributed by atoms with Crippen molar-refractivity contribution >= 4 is 29.1 Å². The van der Waals surface area contributed by atoms with Crippen molar-refractivity contribution in [2.24, 2.45) is 0 Å². The van der Waals surface area contributed by atoms with E-state index < -0.39 is 5.38 Å². The zero-order chi connectivity index (χ0) is 13.8. The first-order valence-corrected chi connectivity index (χ1v) is 7.60. The Kier molecular flexibility index (Phi) is 5.12. The number of carbonyl (C=O) groups is 1. The van der Waals surface area contributed by atoms with Gasteiger partial charge in [0.1, 0.15) is 5.38 Å². The minimum atomic E-state index is -0.667. The van der Waals surface area contributed by atoms with Gasteiger partial charge in [0.25, 0.3) is 0 Å². The molecule has 1 aliphatic rings. The van der Waals surface area contributed by atoms with Gasteiger partial charge in [-0.1, -0.05) is 43.0 Å². The maximum absolute atomic E-state index is 12.1. The smallest absolute Gasteiger partial charge is 0.242 e. The largest absolute Gasteiger partial charge is 0.352 e. The average Bonchev–Trinajstić information content (AvgIpc) is 2.42. The quantitative estimate of drug-likeness (QED) is 0.825. The number of hydrogen-bond donors (Lipinski definition) is 1. The van der Waals surface area contributed by atoms with Crippen LogP contribution in [0.4, 0.5) is 0 Å². The Labute approximate surface area is 124 Å². The summed E-state index contributed by atoms with van der Waals surface area (Å²) in [6.07, 6.45) is 5.76. The molecule has 0 bridgehead atoms. The molecule has 2 nitrogen and oxygen atoms in total. The lowest BCUT2D eigenvalue weighted by Crippen LogP contribution is -2.38. The van der Waals surface area contributed by atoms with Gasteiger partial charge in [0.15, 0.2) is 0 Å². The highest BCUT2D eigenvalue weighted by Gasteiger charge is 2.22. The van der Waals surface area contributed by atoms with Crippen LogP contribution >= 0.6 is 23.2 Å². The van der Waals surface area contributed by atoms with E-state index in [1.165, 1.54) is 19.3 Å². The number of carbonyl (C=O) groups excluding carboxylic acids is 1. The fourth-order valence-corrected chi connectivity index (χ4v) is 2.83. The van der Waals surface area contributed by atoms with Crippen molar-refractivity contribution in [2.75, 3.05) is 0 Å². The van der Waals surface area contributed by atoms with Crippen LogP contribution in [-0.2, 0) is 4.79 Å². The summed E-state index contributed by atoms with van der Waals surface area (Å²) < 4.78 is 0. The molecule has 0 spiro atoms. The van der Waals surface area contributed by atoms with E-state index in [1.54, 1.807) is 6.07 Å². The lowest BCUT2D eigenvalue weighted by atomic mass is 9.95. The lowest BCUT2D eigenvalue weighted by molar-refractivity contribution is -0.121. The molecule has 0 saturated heterocycles. The molecule has 2 rings (SSSR count). The minimum absolute atomic E-state index is 0.117. The van der Waals surface area contributed by atoms with Crippen LogP contribution in [0.25, 0.3) is 0 Å². The summed E-state index contributed by atoms with van der Waals surface area (Å²) in [6, 6.07) is 5.80. The molecule has 1 amide bonds. The highest BCUT2D eigenvalue weighted by atomic mass is 35.5. The lowest BCUT2D eigenvalue weighted by Gasteiger charge is -2.24. The second kappa shape index (κ2) is 6.62. The molecule has 1 N–H and O–H groups in total. The molecule has 1 atom stereocenters. The number of amides is 1. The molecule has 1 aromatic carbocycles. The summed E-state index contributed by atoms with van der Waals surface area (Å²) in [6.45, 7) is 1.93. The number of aryl methyl sites for hydroxylation is 1. The van der Waals surface area contributed by atoms with E-state index in [4.69, 9.17) is 23.2 Å². The Bertz CT molecular complexity index is 455. The van der Waals surface area contributed by atoms with Crippen molar-refractivity contribution in [1.82, 2.24) is 5.32 Å². The Balaban J connectivity index is 1.99. The first-order chi connectivity index (χ1) is 9.08. The van der Waals surface area contributed by atoms with Gasteiger partial charge in [-0.05, 0) is 37.0 Å². The fourth-order valence-electron chi connectivity index (χ4n) is 2.44. The van der Waals surface area contributed by atoms with Crippen LogP contribution in [0.2, 0.25) is 5.02 Å². The number of hydrogen-bond acceptors (Lipinski definition) is 1. The van der Waals surface area contributed by atoms with Gasteiger partial charge < -0.3 is 5.32 Å². The molecular formula is C15H19Cl2NO. The molecule has 0 radical (unpaired) electrons. The molecule has 1 saturated carbocycles. The van der Waals surface area contributed by atoms with Gasteiger partial charge in [-0.25, -0.2) is 0 Å². The average molecular weight is 300 g/mol. The maximum atomic E-state index is 12.1. The minimum Gasteiger partial charge on any atom is -0.352 e. The number of halogens is 2. The molecular weight excluding hydrogens is 281 g/mol. The first kappa shape index (κ1) is 14.7. The molecule has 4 heteroatoms. The topological polar surface area (TPSA) is 29.1 Å². The molecule has 0 heterocycles. The maximum Gasteiger partial charge on any atom is 0.242 e. The normalized spacial score (nSPS) is 18.1. The van der Waals surface area contributed by atoms with Crippen LogP contribution in [0.3, 0.4) is 0 Å². The third-order valence-corrected chi connectivity index (χ3v) is 4.53. The number of nitrogens with one attached hydrogen (secondary N) is 1. The highest BCUT2D eigenvalue weighted by Crippen LogP contribution is 2.26. The Morgan fingerprint density at radius 2 is 2.00 bits per heavy atom. The van der Waals surface area contributed by atoms with Gasteiger partial charge in [-0.3, -0.25) is 4.79 Å². The van der Waals surface area contributed by atoms with Crippen molar-refractivity contribution < 1.29 is 4.79 Å². The third-order valence-electron chi connectivity index (χ3n) is 3.67. The Morgan fingerprint density at radius 1 is 1.32 bits per heavy atom. The van der Waals surface area contributed by atoms with Gasteiger partial charge in [-0.15, -0.1) is 11.6 Å². The molecule has 1 aromatic rings. The van der Waals surface area contributed by atoms with Crippen LogP contribution in [0.5, 0.6) is 0 Å². The summed E-state index contributed by atoms with van der Waals surface area (Å²) in [5.41, 5.74) is 1.74. The van der Waals surface area contributed by atoms with Gasteiger partial charge >= 0.3 is 0 Å². The Morgan fingerprint density at radius 3 is 2.63 bits per heavy atom. The third kappa shape index (κ3) is 3.87. The molecule has 1 fully saturated rings. The van der Waals surface area contributed by atoms with Gasteiger partial charge in [-0.2, -0.15) is 0 Å². The zero-order valence-corrected chi connectivity index (χ0v) is 12.6. The summed E-state index contributed by atoms with van der Waals surface area (Å²) in [5.74, 6) is -0.117. The SMILES string of the molecule is Cc1ccc(C(Cl)C(=O)NC2CCCCC2)cc1Cl. The van der Waals surface area contributed by atoms with Crippen molar-refractivity contribution in [3.05, 3.63) is 34.3 Å². The van der Waals surface area contributed by atoms with Crippen molar-refractivity contribution in [1.29, 1.82) is 0 Å². The molecule has 0 aromatic heterocycles. The number of benzene rings is 1. The van der Waals surface area contributed by atoms with E-state index in [2.05, 4.69) is 5.32 Å². The van der Waals surface area contributed by atoms with Crippen LogP contribution in [0.15, 0.2) is 18.2 Å². The van der Waals surface area contributed by atoms with Gasteiger partial charge in [0, 0.05) is 11.1 Å². The summed E-state index contributed by atoms with van der Waals surface area (Å²) in [4.78, 5) is 12.1. The van der Waals surface area contributed by atoms with E-state index >= 15 is 0 Å². The van der Waals surface area contributed by atoms with E-state index in [-0.39, 0.29) is 11.9 Å². The summed E-state index contributed by atoms with van der Waals surface area (Å²) >= 11 is 12.3. The van der Waals surface area contributed by atoms with Crippen molar-refractivity contribution in [3.8, 4) is 0 Å². The van der Waals surface area contributed by atoms with Crippen LogP contribution in [0.1, 0.15) is 48.6 Å². The van der Waals surface area contributed by atoms with Crippen LogP contribution in [-0.4, -0.2) is 11.9 Å². The molecule has 0 aliphatic heterocycles. The Hall–Kier alpha value is -0.730. The van der Waals surface area contributed by atoms with Gasteiger partial charge in [0.2, 0.25) is 5.91 Å². The van der Waals surface area contributed by atoms with Crippen molar-refractivity contribution in [3.63, 3.8) is 0 Å². The molecule has 104 valence electrons. The molecule has 1 unspecified atom stereocenters. The fraction of sp³-hybridized carbons (Fsp3) is 0.533. The van der Waals surface area contributed by atoms with E-state index in [0.29, 0.717) is 5.02 Å². The molecule has 19 heavy (non-hydrogen) atoms. The second-order valence-corrected chi connectivity index (χ2v) is 6.06. The summed E-state index contributed by atoms with van der Waals surface area (Å²) in [7, 11) is 0. The summed E-state index contributed by atoms with van der Waals surface area (Å²) in [5, 5.41) is 3.02. The van der Waals surface area contributed by atoms with Crippen molar-refractivity contribution in [2.45, 2.75) is 50.4 Å². The number of rotatable bonds is 3. The van der Waals surface area contributed by atoms with E-state index in [1.807, 2.05) is 19.1 Å². The second-order valence-electron chi connectivity index (χ2n) is 5.21. The van der Waals surface area contributed by atoms with Gasteiger partial charge in [0.05, 0.1) is 0 Å². The predicted molar refractivity (Wildman–Crippen MR) is 79.8 cm³/mol. The first-order valence-electron chi connectivity index (χ1n) is 6.78. The zero-order valence-electron chi connectivity index (χ0n) is 11.1.